The molecule has 1 atom stereocenters. The Morgan fingerprint density at radius 1 is 1.41 bits per heavy atom. The van der Waals surface area contributed by atoms with Gasteiger partial charge in [0.25, 0.3) is 5.91 Å². The topological polar surface area (TPSA) is 78.5 Å². The van der Waals surface area contributed by atoms with Crippen molar-refractivity contribution in [2.24, 2.45) is 0 Å². The highest BCUT2D eigenvalue weighted by atomic mass is 35.5. The van der Waals surface area contributed by atoms with Crippen molar-refractivity contribution in [3.63, 3.8) is 0 Å². The number of benzene rings is 1. The number of fused-ring (bicyclic) bond motifs is 1. The first-order valence-corrected chi connectivity index (χ1v) is 7.71. The first kappa shape index (κ1) is 14.8. The quantitative estimate of drug-likeness (QED) is 0.818. The van der Waals surface area contributed by atoms with Crippen molar-refractivity contribution in [1.29, 1.82) is 0 Å². The third kappa shape index (κ3) is 2.54. The average Bonchev–Trinajstić information content (AvgIpc) is 2.86. The number of nitrogens with one attached hydrogen (secondary N) is 2. The number of piperidine rings is 1. The molecule has 0 aliphatic carbocycles. The van der Waals surface area contributed by atoms with E-state index in [1.807, 2.05) is 0 Å². The van der Waals surface area contributed by atoms with Crippen molar-refractivity contribution in [2.75, 3.05) is 17.7 Å². The molecular formula is C15H16ClN3O3. The largest absolute Gasteiger partial charge is 0.354 e. The van der Waals surface area contributed by atoms with E-state index in [0.29, 0.717) is 30.8 Å². The lowest BCUT2D eigenvalue weighted by Gasteiger charge is -2.30. The van der Waals surface area contributed by atoms with Gasteiger partial charge in [0.2, 0.25) is 11.8 Å². The van der Waals surface area contributed by atoms with Gasteiger partial charge in [-0.3, -0.25) is 14.4 Å². The molecule has 2 N–H and O–H groups in total. The molecule has 0 bridgehead atoms. The van der Waals surface area contributed by atoms with Crippen molar-refractivity contribution >= 4 is 35.0 Å². The number of carbonyl (C=O) groups is 3. The fourth-order valence-corrected chi connectivity index (χ4v) is 3.03. The molecule has 22 heavy (non-hydrogen) atoms. The van der Waals surface area contributed by atoms with Crippen LogP contribution >= 0.6 is 11.6 Å². The lowest BCUT2D eigenvalue weighted by atomic mass is 10.1. The summed E-state index contributed by atoms with van der Waals surface area (Å²) in [6.07, 6.45) is 1.52. The van der Waals surface area contributed by atoms with Crippen molar-refractivity contribution in [3.8, 4) is 0 Å². The van der Waals surface area contributed by atoms with E-state index in [1.165, 1.54) is 0 Å². The predicted molar refractivity (Wildman–Crippen MR) is 81.7 cm³/mol. The maximum Gasteiger partial charge on any atom is 0.255 e. The van der Waals surface area contributed by atoms with Crippen LogP contribution in [0.1, 0.15) is 28.8 Å². The van der Waals surface area contributed by atoms with Crippen LogP contribution in [0.3, 0.4) is 0 Å². The monoisotopic (exact) mass is 321 g/mol. The molecule has 116 valence electrons. The number of hydrogen-bond acceptors (Lipinski definition) is 3. The van der Waals surface area contributed by atoms with Crippen LogP contribution in [0.25, 0.3) is 0 Å². The molecule has 0 radical (unpaired) electrons. The van der Waals surface area contributed by atoms with E-state index in [-0.39, 0.29) is 23.6 Å². The Hall–Kier alpha value is -2.08. The molecule has 0 aromatic heterocycles. The fraction of sp³-hybridized carbons (Fsp3) is 0.400. The van der Waals surface area contributed by atoms with Crippen LogP contribution in [0.4, 0.5) is 5.69 Å². The van der Waals surface area contributed by atoms with Crippen LogP contribution in [0.5, 0.6) is 0 Å². The summed E-state index contributed by atoms with van der Waals surface area (Å²) in [5.41, 5.74) is 1.85. The van der Waals surface area contributed by atoms with Crippen LogP contribution < -0.4 is 10.6 Å². The summed E-state index contributed by atoms with van der Waals surface area (Å²) in [6, 6.07) is 4.73. The number of rotatable bonds is 3. The van der Waals surface area contributed by atoms with Crippen molar-refractivity contribution in [3.05, 3.63) is 29.3 Å². The summed E-state index contributed by atoms with van der Waals surface area (Å²) < 4.78 is 0. The number of nitrogens with zero attached hydrogens (tertiary/aromatic N) is 1. The Balaban J connectivity index is 1.88. The predicted octanol–water partition coefficient (Wildman–Crippen LogP) is 1.10. The van der Waals surface area contributed by atoms with Crippen molar-refractivity contribution in [2.45, 2.75) is 25.4 Å². The molecule has 7 heteroatoms. The summed E-state index contributed by atoms with van der Waals surface area (Å²) in [7, 11) is 0. The zero-order valence-electron chi connectivity index (χ0n) is 11.9. The zero-order chi connectivity index (χ0) is 15.7. The molecule has 2 aliphatic rings. The van der Waals surface area contributed by atoms with Gasteiger partial charge in [-0.05, 0) is 25.0 Å². The number of amides is 3. The van der Waals surface area contributed by atoms with Crippen molar-refractivity contribution < 1.29 is 14.4 Å². The summed E-state index contributed by atoms with van der Waals surface area (Å²) in [4.78, 5) is 37.6. The Labute approximate surface area is 132 Å². The molecule has 1 saturated heterocycles. The maximum absolute atomic E-state index is 12.6. The normalized spacial score (nSPS) is 20.6. The Bertz CT molecular complexity index is 647. The minimum Gasteiger partial charge on any atom is -0.354 e. The SMILES string of the molecule is O=C(CCl)Nc1cccc2c1CN(C1CCCNC1=O)C2=O. The van der Waals surface area contributed by atoms with Crippen LogP contribution in [-0.2, 0) is 16.1 Å². The molecule has 2 heterocycles. The van der Waals surface area contributed by atoms with E-state index >= 15 is 0 Å². The van der Waals surface area contributed by atoms with Gasteiger partial charge in [0.1, 0.15) is 11.9 Å². The second-order valence-electron chi connectivity index (χ2n) is 5.40. The smallest absolute Gasteiger partial charge is 0.255 e. The van der Waals surface area contributed by atoms with Gasteiger partial charge in [-0.1, -0.05) is 6.07 Å². The second-order valence-corrected chi connectivity index (χ2v) is 5.66. The van der Waals surface area contributed by atoms with Gasteiger partial charge >= 0.3 is 0 Å². The molecule has 0 saturated carbocycles. The standard InChI is InChI=1S/C15H16ClN3O3/c16-7-13(20)18-11-4-1-3-9-10(11)8-19(15(9)22)12-5-2-6-17-14(12)21/h1,3-4,12H,2,5-8H2,(H,17,21)(H,18,20). The lowest BCUT2D eigenvalue weighted by molar-refractivity contribution is -0.127. The molecule has 1 aromatic carbocycles. The molecular weight excluding hydrogens is 306 g/mol. The number of anilines is 1. The Morgan fingerprint density at radius 3 is 2.95 bits per heavy atom. The zero-order valence-corrected chi connectivity index (χ0v) is 12.7. The Morgan fingerprint density at radius 2 is 2.23 bits per heavy atom. The van der Waals surface area contributed by atoms with Gasteiger partial charge in [-0.25, -0.2) is 0 Å². The molecule has 0 spiro atoms. The Kier molecular flexibility index (Phi) is 4.02. The highest BCUT2D eigenvalue weighted by Gasteiger charge is 2.38. The molecule has 3 rings (SSSR count). The number of alkyl halides is 1. The maximum atomic E-state index is 12.6. The van der Waals surface area contributed by atoms with Crippen LogP contribution in [0, 0.1) is 0 Å². The first-order chi connectivity index (χ1) is 10.6. The van der Waals surface area contributed by atoms with Crippen LogP contribution in [-0.4, -0.2) is 41.1 Å². The number of hydrogen-bond donors (Lipinski definition) is 2. The fourth-order valence-electron chi connectivity index (χ4n) is 2.96. The van der Waals surface area contributed by atoms with Gasteiger partial charge in [-0.2, -0.15) is 0 Å². The van der Waals surface area contributed by atoms with Crippen molar-refractivity contribution in [1.82, 2.24) is 10.2 Å². The third-order valence-electron chi connectivity index (χ3n) is 4.02. The van der Waals surface area contributed by atoms with Crippen LogP contribution in [0.2, 0.25) is 0 Å². The summed E-state index contributed by atoms with van der Waals surface area (Å²) in [5, 5.41) is 5.49. The van der Waals surface area contributed by atoms with Crippen LogP contribution in [0.15, 0.2) is 18.2 Å². The van der Waals surface area contributed by atoms with E-state index in [1.54, 1.807) is 23.1 Å². The summed E-state index contributed by atoms with van der Waals surface area (Å²) in [5.74, 6) is -0.749. The van der Waals surface area contributed by atoms with Gasteiger partial charge < -0.3 is 15.5 Å². The van der Waals surface area contributed by atoms with E-state index in [9.17, 15) is 14.4 Å². The van der Waals surface area contributed by atoms with E-state index in [2.05, 4.69) is 10.6 Å². The van der Waals surface area contributed by atoms with E-state index < -0.39 is 6.04 Å². The molecule has 6 nitrogen and oxygen atoms in total. The van der Waals surface area contributed by atoms with Gasteiger partial charge in [0.05, 0.1) is 0 Å². The number of halogens is 1. The minimum atomic E-state index is -0.440. The third-order valence-corrected chi connectivity index (χ3v) is 4.27. The van der Waals surface area contributed by atoms with Gasteiger partial charge in [0.15, 0.2) is 0 Å². The van der Waals surface area contributed by atoms with Gasteiger partial charge in [0, 0.05) is 29.9 Å². The number of carbonyl (C=O) groups excluding carboxylic acids is 3. The molecule has 1 fully saturated rings. The highest BCUT2D eigenvalue weighted by Crippen LogP contribution is 2.32. The molecule has 1 aromatic rings. The average molecular weight is 322 g/mol. The highest BCUT2D eigenvalue weighted by molar-refractivity contribution is 6.29. The lowest BCUT2D eigenvalue weighted by Crippen LogP contribution is -2.50. The first-order valence-electron chi connectivity index (χ1n) is 7.18. The van der Waals surface area contributed by atoms with Gasteiger partial charge in [-0.15, -0.1) is 11.6 Å². The second kappa shape index (κ2) is 5.96. The summed E-state index contributed by atoms with van der Waals surface area (Å²) >= 11 is 5.51. The molecule has 2 aliphatic heterocycles. The van der Waals surface area contributed by atoms with E-state index in [0.717, 1.165) is 12.0 Å². The van der Waals surface area contributed by atoms with E-state index in [4.69, 9.17) is 11.6 Å². The summed E-state index contributed by atoms with van der Waals surface area (Å²) in [6.45, 7) is 0.979. The molecule has 3 amide bonds. The minimum absolute atomic E-state index is 0.112. The molecule has 1 unspecified atom stereocenters.